The van der Waals surface area contributed by atoms with Gasteiger partial charge in [-0.15, -0.1) is 13.2 Å². The standard InChI is InChI=1S/C21H16ClF3N4O/c22-16-8-17-15(11-28-20(17)29-12-16)7-13-9-26-19(27-10-13)6-5-14-3-1-2-4-18(14)30-21(23,24)25/h1-4,8-12H,5-7H2,(H,28,29). The van der Waals surface area contributed by atoms with Gasteiger partial charge >= 0.3 is 6.36 Å². The van der Waals surface area contributed by atoms with E-state index >= 15 is 0 Å². The van der Waals surface area contributed by atoms with Gasteiger partial charge in [-0.1, -0.05) is 29.8 Å². The van der Waals surface area contributed by atoms with Gasteiger partial charge in [0.1, 0.15) is 17.2 Å². The molecule has 3 aromatic heterocycles. The number of para-hydroxylation sites is 1. The maximum atomic E-state index is 12.5. The first-order valence-electron chi connectivity index (χ1n) is 9.12. The number of alkyl halides is 3. The fourth-order valence-corrected chi connectivity index (χ4v) is 3.34. The molecule has 5 nitrogen and oxygen atoms in total. The Morgan fingerprint density at radius 3 is 2.50 bits per heavy atom. The molecule has 30 heavy (non-hydrogen) atoms. The summed E-state index contributed by atoms with van der Waals surface area (Å²) in [6, 6.07) is 7.93. The molecule has 0 aliphatic heterocycles. The van der Waals surface area contributed by atoms with E-state index in [4.69, 9.17) is 11.6 Å². The molecule has 0 aliphatic rings. The lowest BCUT2D eigenvalue weighted by atomic mass is 10.1. The number of hydrogen-bond acceptors (Lipinski definition) is 4. The molecule has 0 amide bonds. The Balaban J connectivity index is 1.43. The van der Waals surface area contributed by atoms with Crippen molar-refractivity contribution < 1.29 is 17.9 Å². The minimum Gasteiger partial charge on any atom is -0.406 e. The molecule has 1 N–H and O–H groups in total. The van der Waals surface area contributed by atoms with Crippen LogP contribution in [0.2, 0.25) is 5.02 Å². The Bertz CT molecular complexity index is 1160. The molecule has 0 fully saturated rings. The number of aromatic nitrogens is 4. The van der Waals surface area contributed by atoms with E-state index in [1.54, 1.807) is 30.7 Å². The molecule has 0 saturated heterocycles. The maximum absolute atomic E-state index is 12.5. The van der Waals surface area contributed by atoms with Crippen LogP contribution >= 0.6 is 11.6 Å². The predicted octanol–water partition coefficient (Wildman–Crippen LogP) is 5.28. The smallest absolute Gasteiger partial charge is 0.406 e. The molecular formula is C21H16ClF3N4O. The van der Waals surface area contributed by atoms with Crippen LogP contribution in [0.3, 0.4) is 0 Å². The monoisotopic (exact) mass is 432 g/mol. The van der Waals surface area contributed by atoms with E-state index in [2.05, 4.69) is 24.7 Å². The van der Waals surface area contributed by atoms with Gasteiger partial charge < -0.3 is 9.72 Å². The normalized spacial score (nSPS) is 11.7. The summed E-state index contributed by atoms with van der Waals surface area (Å²) in [5, 5.41) is 1.50. The van der Waals surface area contributed by atoms with Crippen molar-refractivity contribution >= 4 is 22.6 Å². The molecular weight excluding hydrogens is 417 g/mol. The predicted molar refractivity (Wildman–Crippen MR) is 106 cm³/mol. The van der Waals surface area contributed by atoms with Crippen LogP contribution in [0.5, 0.6) is 5.75 Å². The first-order valence-corrected chi connectivity index (χ1v) is 9.50. The summed E-state index contributed by atoms with van der Waals surface area (Å²) in [6.45, 7) is 0. The number of hydrogen-bond donors (Lipinski definition) is 1. The van der Waals surface area contributed by atoms with E-state index in [1.807, 2.05) is 12.3 Å². The molecule has 0 radical (unpaired) electrons. The quantitative estimate of drug-likeness (QED) is 0.450. The number of aryl methyl sites for hydroxylation is 2. The zero-order chi connectivity index (χ0) is 21.1. The van der Waals surface area contributed by atoms with Gasteiger partial charge in [0, 0.05) is 43.0 Å². The lowest BCUT2D eigenvalue weighted by Gasteiger charge is -2.12. The Labute approximate surface area is 174 Å². The Morgan fingerprint density at radius 2 is 1.73 bits per heavy atom. The third-order valence-electron chi connectivity index (χ3n) is 4.55. The van der Waals surface area contributed by atoms with Gasteiger partial charge in [0.2, 0.25) is 0 Å². The molecule has 154 valence electrons. The molecule has 3 heterocycles. The van der Waals surface area contributed by atoms with E-state index in [9.17, 15) is 13.2 Å². The van der Waals surface area contributed by atoms with E-state index in [0.29, 0.717) is 35.7 Å². The largest absolute Gasteiger partial charge is 0.573 e. The molecule has 4 aromatic rings. The number of nitrogens with zero attached hydrogens (tertiary/aromatic N) is 3. The molecule has 4 rings (SSSR count). The van der Waals surface area contributed by atoms with Crippen molar-refractivity contribution in [3.8, 4) is 5.75 Å². The van der Waals surface area contributed by atoms with Crippen molar-refractivity contribution in [2.24, 2.45) is 0 Å². The number of pyridine rings is 1. The highest BCUT2D eigenvalue weighted by molar-refractivity contribution is 6.31. The van der Waals surface area contributed by atoms with Gasteiger partial charge in [-0.25, -0.2) is 15.0 Å². The molecule has 0 unspecified atom stereocenters. The lowest BCUT2D eigenvalue weighted by Crippen LogP contribution is -2.18. The van der Waals surface area contributed by atoms with Crippen LogP contribution in [-0.2, 0) is 19.3 Å². The second kappa shape index (κ2) is 8.31. The fraction of sp³-hybridized carbons (Fsp3) is 0.190. The summed E-state index contributed by atoms with van der Waals surface area (Å²) < 4.78 is 41.7. The Hall–Kier alpha value is -3.13. The van der Waals surface area contributed by atoms with Crippen LogP contribution in [0.15, 0.2) is 55.1 Å². The number of nitrogens with one attached hydrogen (secondary N) is 1. The van der Waals surface area contributed by atoms with E-state index in [0.717, 1.165) is 22.2 Å². The summed E-state index contributed by atoms with van der Waals surface area (Å²) in [5.41, 5.74) is 3.13. The SMILES string of the molecule is FC(F)(F)Oc1ccccc1CCc1ncc(Cc2c[nH]c3ncc(Cl)cc23)cn1. The van der Waals surface area contributed by atoms with Crippen molar-refractivity contribution in [1.82, 2.24) is 19.9 Å². The molecule has 0 atom stereocenters. The highest BCUT2D eigenvalue weighted by Crippen LogP contribution is 2.27. The summed E-state index contributed by atoms with van der Waals surface area (Å²) in [7, 11) is 0. The minimum absolute atomic E-state index is 0.201. The molecule has 0 aliphatic carbocycles. The molecule has 0 saturated carbocycles. The number of benzene rings is 1. The average Bonchev–Trinajstić information content (AvgIpc) is 3.09. The van der Waals surface area contributed by atoms with Crippen LogP contribution in [0.25, 0.3) is 11.0 Å². The number of halogens is 4. The van der Waals surface area contributed by atoms with Crippen molar-refractivity contribution in [3.63, 3.8) is 0 Å². The van der Waals surface area contributed by atoms with Gasteiger partial charge in [-0.3, -0.25) is 0 Å². The van der Waals surface area contributed by atoms with Gasteiger partial charge in [0.25, 0.3) is 0 Å². The zero-order valence-electron chi connectivity index (χ0n) is 15.6. The van der Waals surface area contributed by atoms with Crippen molar-refractivity contribution in [2.75, 3.05) is 0 Å². The highest BCUT2D eigenvalue weighted by atomic mass is 35.5. The van der Waals surface area contributed by atoms with Gasteiger partial charge in [0.15, 0.2) is 0 Å². The second-order valence-corrected chi connectivity index (χ2v) is 7.14. The first kappa shape index (κ1) is 20.2. The van der Waals surface area contributed by atoms with Gasteiger partial charge in [0.05, 0.1) is 5.02 Å². The van der Waals surface area contributed by atoms with Crippen LogP contribution in [-0.4, -0.2) is 26.3 Å². The third-order valence-corrected chi connectivity index (χ3v) is 4.76. The van der Waals surface area contributed by atoms with Gasteiger partial charge in [-0.05, 0) is 35.2 Å². The van der Waals surface area contributed by atoms with Crippen molar-refractivity contribution in [2.45, 2.75) is 25.6 Å². The van der Waals surface area contributed by atoms with Crippen molar-refractivity contribution in [1.29, 1.82) is 0 Å². The molecule has 0 spiro atoms. The second-order valence-electron chi connectivity index (χ2n) is 6.70. The molecule has 9 heteroatoms. The number of aromatic amines is 1. The summed E-state index contributed by atoms with van der Waals surface area (Å²) in [4.78, 5) is 16.0. The number of rotatable bonds is 6. The topological polar surface area (TPSA) is 63.7 Å². The Kier molecular flexibility index (Phi) is 5.59. The maximum Gasteiger partial charge on any atom is 0.573 e. The zero-order valence-corrected chi connectivity index (χ0v) is 16.3. The number of ether oxygens (including phenoxy) is 1. The van der Waals surface area contributed by atoms with E-state index in [1.165, 1.54) is 12.1 Å². The average molecular weight is 433 g/mol. The van der Waals surface area contributed by atoms with Gasteiger partial charge in [-0.2, -0.15) is 0 Å². The van der Waals surface area contributed by atoms with Crippen LogP contribution in [0, 0.1) is 0 Å². The lowest BCUT2D eigenvalue weighted by molar-refractivity contribution is -0.274. The minimum atomic E-state index is -4.73. The number of fused-ring (bicyclic) bond motifs is 1. The number of H-pyrrole nitrogens is 1. The molecule has 1 aromatic carbocycles. The molecule has 0 bridgehead atoms. The van der Waals surface area contributed by atoms with Crippen LogP contribution in [0.1, 0.15) is 22.5 Å². The summed E-state index contributed by atoms with van der Waals surface area (Å²) in [6.07, 6.45) is 3.50. The van der Waals surface area contributed by atoms with E-state index in [-0.39, 0.29) is 5.75 Å². The summed E-state index contributed by atoms with van der Waals surface area (Å²) in [5.74, 6) is 0.345. The fourth-order valence-electron chi connectivity index (χ4n) is 3.18. The van der Waals surface area contributed by atoms with Crippen LogP contribution < -0.4 is 4.74 Å². The summed E-state index contributed by atoms with van der Waals surface area (Å²) >= 11 is 6.03. The highest BCUT2D eigenvalue weighted by Gasteiger charge is 2.31. The van der Waals surface area contributed by atoms with Crippen molar-refractivity contribution in [3.05, 3.63) is 82.7 Å². The van der Waals surface area contributed by atoms with Crippen LogP contribution in [0.4, 0.5) is 13.2 Å². The third kappa shape index (κ3) is 4.88. The Morgan fingerprint density at radius 1 is 0.967 bits per heavy atom. The van der Waals surface area contributed by atoms with E-state index < -0.39 is 6.36 Å². The first-order chi connectivity index (χ1) is 14.4.